The Morgan fingerprint density at radius 2 is 1.77 bits per heavy atom. The van der Waals surface area contributed by atoms with Crippen LogP contribution in [0.4, 0.5) is 21.6 Å². The van der Waals surface area contributed by atoms with Crippen LogP contribution >= 0.6 is 59.4 Å². The molecular weight excluding hydrogens is 893 g/mol. The minimum absolute atomic E-state index is 0.0159. The van der Waals surface area contributed by atoms with Crippen molar-refractivity contribution in [3.05, 3.63) is 102 Å². The third kappa shape index (κ3) is 9.01. The molecule has 0 unspecified atom stereocenters. The maximum absolute atomic E-state index is 13.6. The quantitative estimate of drug-likeness (QED) is 0.0741. The molecule has 0 atom stereocenters. The minimum atomic E-state index is -0.521. The average Bonchev–Trinajstić information content (AvgIpc) is 3.42. The van der Waals surface area contributed by atoms with Crippen LogP contribution in [-0.2, 0) is 14.3 Å². The van der Waals surface area contributed by atoms with Gasteiger partial charge in [0.25, 0.3) is 11.8 Å². The normalized spacial score (nSPS) is 12.8. The number of methoxy groups -OCH3 is 1. The van der Waals surface area contributed by atoms with Gasteiger partial charge in [0.15, 0.2) is 18.1 Å². The fraction of sp³-hybridized carbons (Fsp3) is 0.167. The van der Waals surface area contributed by atoms with E-state index in [1.807, 2.05) is 30.3 Å². The first-order valence-corrected chi connectivity index (χ1v) is 18.3. The molecule has 1 aliphatic rings. The first kappa shape index (κ1) is 37.5. The third-order valence-corrected chi connectivity index (χ3v) is 9.56. The molecule has 0 fully saturated rings. The summed E-state index contributed by atoms with van der Waals surface area (Å²) in [5, 5.41) is 9.40. The van der Waals surface area contributed by atoms with Gasteiger partial charge in [0.2, 0.25) is 0 Å². The number of fused-ring (bicyclic) bond motifs is 2. The highest BCUT2D eigenvalue weighted by Gasteiger charge is 2.24. The van der Waals surface area contributed by atoms with Crippen molar-refractivity contribution in [3.63, 3.8) is 0 Å². The van der Waals surface area contributed by atoms with E-state index in [2.05, 4.69) is 73.7 Å². The Hall–Kier alpha value is -4.28. The maximum atomic E-state index is 13.6. The van der Waals surface area contributed by atoms with Gasteiger partial charge in [-0.3, -0.25) is 9.59 Å². The minimum Gasteiger partial charge on any atom is -0.493 e. The lowest BCUT2D eigenvalue weighted by Gasteiger charge is -2.14. The van der Waals surface area contributed by atoms with Crippen LogP contribution in [0.15, 0.2) is 80.4 Å². The molecule has 16 heteroatoms. The van der Waals surface area contributed by atoms with E-state index in [0.29, 0.717) is 54.2 Å². The van der Waals surface area contributed by atoms with Crippen molar-refractivity contribution >= 4 is 111 Å². The number of carbonyl (C=O) groups is 2. The average molecular weight is 921 g/mol. The Balaban J connectivity index is 0.957. The first-order chi connectivity index (χ1) is 25.1. The lowest BCUT2D eigenvalue weighted by Crippen LogP contribution is -2.32. The van der Waals surface area contributed by atoms with Crippen LogP contribution in [0.3, 0.4) is 0 Å². The number of hydrogen-bond donors (Lipinski definition) is 3. The van der Waals surface area contributed by atoms with Crippen molar-refractivity contribution in [2.75, 3.05) is 50.7 Å². The first-order valence-electron chi connectivity index (χ1n) is 15.6. The molecule has 0 saturated carbocycles. The molecule has 11 nitrogen and oxygen atoms in total. The summed E-state index contributed by atoms with van der Waals surface area (Å²) in [6.07, 6.45) is 3.20. The fourth-order valence-electron chi connectivity index (χ4n) is 5.18. The van der Waals surface area contributed by atoms with Crippen molar-refractivity contribution < 1.29 is 32.9 Å². The van der Waals surface area contributed by atoms with Crippen molar-refractivity contribution in [2.45, 2.75) is 0 Å². The summed E-state index contributed by atoms with van der Waals surface area (Å²) < 4.78 is 38.6. The highest BCUT2D eigenvalue weighted by molar-refractivity contribution is 9.11. The van der Waals surface area contributed by atoms with Gasteiger partial charge >= 0.3 is 0 Å². The molecule has 2 amide bonds. The number of ether oxygens (including phenoxy) is 4. The summed E-state index contributed by atoms with van der Waals surface area (Å²) in [5.41, 5.74) is 4.02. The number of carbonyl (C=O) groups excluding carboxylic acids is 2. The molecule has 6 rings (SSSR count). The van der Waals surface area contributed by atoms with Gasteiger partial charge in [0.05, 0.1) is 39.8 Å². The SMILES string of the molecule is COc1cc2ncnc(Nc3ccc(F)c(Cl)c3)c2cc1OCCOCCNC(=O)COc1c(Br)cc(/C=C2\C(=O)Nc3ccc(Br)cc32)cc1Br. The number of benzene rings is 4. The Kier molecular flexibility index (Phi) is 12.3. The monoisotopic (exact) mass is 917 g/mol. The molecule has 0 aliphatic carbocycles. The summed E-state index contributed by atoms with van der Waals surface area (Å²) >= 11 is 16.4. The Bertz CT molecular complexity index is 2190. The second-order valence-corrected chi connectivity index (χ2v) is 14.1. The smallest absolute Gasteiger partial charge is 0.258 e. The highest BCUT2D eigenvalue weighted by atomic mass is 79.9. The van der Waals surface area contributed by atoms with Crippen LogP contribution in [0, 0.1) is 5.82 Å². The summed E-state index contributed by atoms with van der Waals surface area (Å²) in [4.78, 5) is 33.7. The van der Waals surface area contributed by atoms with Crippen molar-refractivity contribution in [2.24, 2.45) is 0 Å². The third-order valence-electron chi connectivity index (χ3n) is 7.60. The molecule has 268 valence electrons. The van der Waals surface area contributed by atoms with E-state index in [1.54, 1.807) is 24.3 Å². The molecule has 3 N–H and O–H groups in total. The number of hydrogen-bond acceptors (Lipinski definition) is 9. The second-order valence-electron chi connectivity index (χ2n) is 11.1. The highest BCUT2D eigenvalue weighted by Crippen LogP contribution is 2.39. The molecule has 0 radical (unpaired) electrons. The largest absolute Gasteiger partial charge is 0.493 e. The standard InChI is InChI=1S/C36H28Br3ClFN5O6/c1-49-31-16-30-24(35(44-18-43-30)45-21-3-4-28(41)27(40)14-21)15-32(31)51-9-8-50-7-6-42-33(47)17-52-34-25(38)11-19(12-26(34)39)10-23-22-13-20(37)2-5-29(22)46-36(23)48/h2-5,10-16,18H,6-9,17H2,1H3,(H,42,47)(H,46,48)(H,43,44,45)/b23-10-. The number of amides is 2. The molecule has 52 heavy (non-hydrogen) atoms. The predicted molar refractivity (Wildman–Crippen MR) is 208 cm³/mol. The Morgan fingerprint density at radius 1 is 0.962 bits per heavy atom. The van der Waals surface area contributed by atoms with Crippen molar-refractivity contribution in [1.29, 1.82) is 0 Å². The van der Waals surface area contributed by atoms with E-state index in [4.69, 9.17) is 30.5 Å². The van der Waals surface area contributed by atoms with E-state index >= 15 is 0 Å². The second kappa shape index (κ2) is 17.0. The van der Waals surface area contributed by atoms with Crippen LogP contribution in [0.25, 0.3) is 22.6 Å². The van der Waals surface area contributed by atoms with Gasteiger partial charge < -0.3 is 34.9 Å². The zero-order valence-electron chi connectivity index (χ0n) is 27.2. The van der Waals surface area contributed by atoms with Gasteiger partial charge in [-0.1, -0.05) is 27.5 Å². The lowest BCUT2D eigenvalue weighted by atomic mass is 10.0. The van der Waals surface area contributed by atoms with Crippen LogP contribution in [0.5, 0.6) is 17.2 Å². The number of nitrogens with one attached hydrogen (secondary N) is 3. The van der Waals surface area contributed by atoms with E-state index in [-0.39, 0.29) is 49.8 Å². The Labute approximate surface area is 327 Å². The van der Waals surface area contributed by atoms with Gasteiger partial charge in [-0.25, -0.2) is 14.4 Å². The predicted octanol–water partition coefficient (Wildman–Crippen LogP) is 8.55. The number of aromatic nitrogens is 2. The summed E-state index contributed by atoms with van der Waals surface area (Å²) in [6, 6.07) is 17.0. The van der Waals surface area contributed by atoms with Gasteiger partial charge in [-0.15, -0.1) is 0 Å². The number of halogens is 5. The number of nitrogens with zero attached hydrogens (tertiary/aromatic N) is 2. The van der Waals surface area contributed by atoms with E-state index in [0.717, 1.165) is 21.3 Å². The fourth-order valence-corrected chi connectivity index (χ4v) is 7.17. The number of rotatable bonds is 14. The molecule has 5 aromatic rings. The van der Waals surface area contributed by atoms with Gasteiger partial charge in [0.1, 0.15) is 30.3 Å². The van der Waals surface area contributed by atoms with Crippen molar-refractivity contribution in [1.82, 2.24) is 15.3 Å². The molecule has 0 spiro atoms. The molecule has 0 bridgehead atoms. The number of anilines is 3. The van der Waals surface area contributed by atoms with E-state index in [9.17, 15) is 14.0 Å². The van der Waals surface area contributed by atoms with Gasteiger partial charge in [-0.2, -0.15) is 0 Å². The molecule has 4 aromatic carbocycles. The van der Waals surface area contributed by atoms with Gasteiger partial charge in [-0.05, 0) is 98.1 Å². The Morgan fingerprint density at radius 3 is 2.54 bits per heavy atom. The van der Waals surface area contributed by atoms with Gasteiger partial charge in [0, 0.05) is 45.0 Å². The molecule has 2 heterocycles. The summed E-state index contributed by atoms with van der Waals surface area (Å²) in [7, 11) is 1.53. The summed E-state index contributed by atoms with van der Waals surface area (Å²) in [5.74, 6) is 0.803. The maximum Gasteiger partial charge on any atom is 0.258 e. The van der Waals surface area contributed by atoms with E-state index < -0.39 is 5.82 Å². The summed E-state index contributed by atoms with van der Waals surface area (Å²) in [6.45, 7) is 0.727. The van der Waals surface area contributed by atoms with E-state index in [1.165, 1.54) is 25.6 Å². The van der Waals surface area contributed by atoms with Crippen LogP contribution in [-0.4, -0.2) is 61.9 Å². The van der Waals surface area contributed by atoms with Crippen LogP contribution in [0.1, 0.15) is 11.1 Å². The van der Waals surface area contributed by atoms with Crippen molar-refractivity contribution in [3.8, 4) is 17.2 Å². The zero-order valence-corrected chi connectivity index (χ0v) is 32.7. The molecule has 0 saturated heterocycles. The molecule has 1 aliphatic heterocycles. The van der Waals surface area contributed by atoms with Crippen LogP contribution in [0.2, 0.25) is 5.02 Å². The zero-order chi connectivity index (χ0) is 36.8. The lowest BCUT2D eigenvalue weighted by molar-refractivity contribution is -0.123. The van der Waals surface area contributed by atoms with Crippen LogP contribution < -0.4 is 30.2 Å². The topological polar surface area (TPSA) is 133 Å². The molecular formula is C36H28Br3ClFN5O6. The molecule has 1 aromatic heterocycles.